The van der Waals surface area contributed by atoms with Crippen molar-refractivity contribution in [2.24, 2.45) is 0 Å². The topological polar surface area (TPSA) is 79.0 Å². The molecule has 7 nitrogen and oxygen atoms in total. The maximum Gasteiger partial charge on any atom is 0.256 e. The molecule has 8 heteroatoms. The second-order valence-corrected chi connectivity index (χ2v) is 8.93. The van der Waals surface area contributed by atoms with Gasteiger partial charge in [0.1, 0.15) is 17.6 Å². The molecule has 2 fully saturated rings. The molecular formula is C26H30FN3O4. The van der Waals surface area contributed by atoms with Gasteiger partial charge >= 0.3 is 0 Å². The highest BCUT2D eigenvalue weighted by atomic mass is 19.1. The van der Waals surface area contributed by atoms with E-state index in [1.165, 1.54) is 18.2 Å². The SMILES string of the molecule is CC[C@H](C)NC(=O)[C@@H]1COC2(CCN(C(=O)c3cccc(F)c3)CC2)N1C(=O)c1ccccc1. The molecule has 0 aliphatic carbocycles. The minimum Gasteiger partial charge on any atom is -0.353 e. The Labute approximate surface area is 198 Å². The van der Waals surface area contributed by atoms with Crippen molar-refractivity contribution >= 4 is 17.7 Å². The fourth-order valence-electron chi connectivity index (χ4n) is 4.59. The second kappa shape index (κ2) is 9.93. The fourth-order valence-corrected chi connectivity index (χ4v) is 4.59. The summed E-state index contributed by atoms with van der Waals surface area (Å²) in [5.41, 5.74) is -0.221. The first-order valence-corrected chi connectivity index (χ1v) is 11.7. The number of carbonyl (C=O) groups excluding carboxylic acids is 3. The summed E-state index contributed by atoms with van der Waals surface area (Å²) in [7, 11) is 0. The molecule has 1 spiro atoms. The van der Waals surface area contributed by atoms with E-state index in [0.29, 0.717) is 31.5 Å². The van der Waals surface area contributed by atoms with E-state index in [1.807, 2.05) is 19.9 Å². The Morgan fingerprint density at radius 2 is 1.74 bits per heavy atom. The number of nitrogens with zero attached hydrogens (tertiary/aromatic N) is 2. The Hall–Kier alpha value is -3.26. The molecule has 1 N–H and O–H groups in total. The van der Waals surface area contributed by atoms with Gasteiger partial charge in [-0.25, -0.2) is 4.39 Å². The molecule has 0 unspecified atom stereocenters. The van der Waals surface area contributed by atoms with Crippen LogP contribution >= 0.6 is 0 Å². The molecular weight excluding hydrogens is 437 g/mol. The highest BCUT2D eigenvalue weighted by Gasteiger charge is 2.54. The zero-order valence-corrected chi connectivity index (χ0v) is 19.5. The second-order valence-electron chi connectivity index (χ2n) is 8.93. The lowest BCUT2D eigenvalue weighted by Gasteiger charge is -2.44. The third-order valence-electron chi connectivity index (χ3n) is 6.71. The molecule has 0 radical (unpaired) electrons. The molecule has 2 aliphatic rings. The van der Waals surface area contributed by atoms with Crippen molar-refractivity contribution in [2.45, 2.75) is 50.9 Å². The van der Waals surface area contributed by atoms with Crippen LogP contribution in [0, 0.1) is 5.82 Å². The smallest absolute Gasteiger partial charge is 0.256 e. The lowest BCUT2D eigenvalue weighted by atomic mass is 9.96. The number of amides is 3. The molecule has 2 heterocycles. The quantitative estimate of drug-likeness (QED) is 0.733. The summed E-state index contributed by atoms with van der Waals surface area (Å²) < 4.78 is 19.8. The number of carbonyl (C=O) groups is 3. The van der Waals surface area contributed by atoms with Gasteiger partial charge < -0.3 is 15.0 Å². The number of likely N-dealkylation sites (tertiary alicyclic amines) is 1. The normalized spacial score (nSPS) is 20.3. The lowest BCUT2D eigenvalue weighted by Crippen LogP contribution is -2.60. The Bertz CT molecular complexity index is 1050. The van der Waals surface area contributed by atoms with E-state index >= 15 is 0 Å². The number of piperidine rings is 1. The minimum absolute atomic E-state index is 0.0246. The van der Waals surface area contributed by atoms with Gasteiger partial charge in [-0.05, 0) is 43.7 Å². The van der Waals surface area contributed by atoms with Gasteiger partial charge in [0.2, 0.25) is 5.91 Å². The van der Waals surface area contributed by atoms with Crippen LogP contribution in [0.3, 0.4) is 0 Å². The van der Waals surface area contributed by atoms with Crippen molar-refractivity contribution in [3.05, 3.63) is 71.5 Å². The van der Waals surface area contributed by atoms with Crippen LogP contribution in [-0.4, -0.2) is 65.0 Å². The number of benzene rings is 2. The van der Waals surface area contributed by atoms with Crippen LogP contribution in [0.2, 0.25) is 0 Å². The van der Waals surface area contributed by atoms with Gasteiger partial charge in [0.25, 0.3) is 11.8 Å². The van der Waals surface area contributed by atoms with Crippen LogP contribution in [0.25, 0.3) is 0 Å². The van der Waals surface area contributed by atoms with Crippen molar-refractivity contribution in [2.75, 3.05) is 19.7 Å². The number of nitrogens with one attached hydrogen (secondary N) is 1. The van der Waals surface area contributed by atoms with Crippen molar-refractivity contribution < 1.29 is 23.5 Å². The van der Waals surface area contributed by atoms with Crippen LogP contribution in [0.4, 0.5) is 4.39 Å². The average molecular weight is 468 g/mol. The predicted octanol–water partition coefficient (Wildman–Crippen LogP) is 3.21. The molecule has 2 aliphatic heterocycles. The molecule has 2 atom stereocenters. The van der Waals surface area contributed by atoms with E-state index in [1.54, 1.807) is 40.1 Å². The van der Waals surface area contributed by atoms with E-state index in [4.69, 9.17) is 4.74 Å². The number of rotatable bonds is 5. The third kappa shape index (κ3) is 4.68. The predicted molar refractivity (Wildman–Crippen MR) is 125 cm³/mol. The molecule has 0 aromatic heterocycles. The van der Waals surface area contributed by atoms with Crippen LogP contribution in [-0.2, 0) is 9.53 Å². The molecule has 3 amide bonds. The Morgan fingerprint density at radius 3 is 2.38 bits per heavy atom. The highest BCUT2D eigenvalue weighted by Crippen LogP contribution is 2.39. The number of ether oxygens (including phenoxy) is 1. The summed E-state index contributed by atoms with van der Waals surface area (Å²) in [6.07, 6.45) is 1.49. The standard InChI is InChI=1S/C26H30FN3O4/c1-3-18(2)28-23(31)22-17-34-26(30(22)25(33)19-8-5-4-6-9-19)12-14-29(15-13-26)24(32)20-10-7-11-21(27)16-20/h4-11,16,18,22H,3,12-15,17H2,1-2H3,(H,28,31)/t18-,22-/m0/s1. The summed E-state index contributed by atoms with van der Waals surface area (Å²) >= 11 is 0. The monoisotopic (exact) mass is 467 g/mol. The number of hydrogen-bond donors (Lipinski definition) is 1. The first kappa shape index (κ1) is 23.9. The first-order chi connectivity index (χ1) is 16.3. The first-order valence-electron chi connectivity index (χ1n) is 11.7. The Kier molecular flexibility index (Phi) is 6.97. The fraction of sp³-hybridized carbons (Fsp3) is 0.423. The lowest BCUT2D eigenvalue weighted by molar-refractivity contribution is -0.128. The molecule has 0 bridgehead atoms. The van der Waals surface area contributed by atoms with Crippen molar-refractivity contribution in [3.63, 3.8) is 0 Å². The largest absolute Gasteiger partial charge is 0.353 e. The van der Waals surface area contributed by atoms with Crippen molar-refractivity contribution in [3.8, 4) is 0 Å². The van der Waals surface area contributed by atoms with Gasteiger partial charge in [-0.2, -0.15) is 0 Å². The van der Waals surface area contributed by atoms with E-state index in [9.17, 15) is 18.8 Å². The summed E-state index contributed by atoms with van der Waals surface area (Å²) in [5.74, 6) is -1.24. The molecule has 34 heavy (non-hydrogen) atoms. The molecule has 2 saturated heterocycles. The van der Waals surface area contributed by atoms with E-state index in [0.717, 1.165) is 6.42 Å². The van der Waals surface area contributed by atoms with Gasteiger partial charge in [0.05, 0.1) is 6.61 Å². The van der Waals surface area contributed by atoms with Crippen molar-refractivity contribution in [1.82, 2.24) is 15.1 Å². The van der Waals surface area contributed by atoms with Gasteiger partial charge in [-0.15, -0.1) is 0 Å². The molecule has 0 saturated carbocycles. The maximum absolute atomic E-state index is 13.6. The molecule has 4 rings (SSSR count). The zero-order chi connectivity index (χ0) is 24.3. The summed E-state index contributed by atoms with van der Waals surface area (Å²) in [4.78, 5) is 42.8. The van der Waals surface area contributed by atoms with Crippen LogP contribution < -0.4 is 5.32 Å². The highest BCUT2D eigenvalue weighted by molar-refractivity contribution is 5.98. The van der Waals surface area contributed by atoms with Gasteiger partial charge in [-0.1, -0.05) is 31.2 Å². The third-order valence-corrected chi connectivity index (χ3v) is 6.71. The van der Waals surface area contributed by atoms with Crippen LogP contribution in [0.5, 0.6) is 0 Å². The van der Waals surface area contributed by atoms with E-state index < -0.39 is 17.6 Å². The zero-order valence-electron chi connectivity index (χ0n) is 19.5. The Balaban J connectivity index is 1.56. The maximum atomic E-state index is 13.6. The molecule has 2 aromatic rings. The molecule has 180 valence electrons. The number of hydrogen-bond acceptors (Lipinski definition) is 4. The van der Waals surface area contributed by atoms with E-state index in [2.05, 4.69) is 5.32 Å². The van der Waals surface area contributed by atoms with Gasteiger partial charge in [-0.3, -0.25) is 19.3 Å². The van der Waals surface area contributed by atoms with Crippen molar-refractivity contribution in [1.29, 1.82) is 0 Å². The van der Waals surface area contributed by atoms with Crippen LogP contribution in [0.15, 0.2) is 54.6 Å². The van der Waals surface area contributed by atoms with Gasteiger partial charge in [0, 0.05) is 43.1 Å². The van der Waals surface area contributed by atoms with E-state index in [-0.39, 0.29) is 35.9 Å². The Morgan fingerprint density at radius 1 is 1.06 bits per heavy atom. The summed E-state index contributed by atoms with van der Waals surface area (Å²) in [6, 6.07) is 13.7. The summed E-state index contributed by atoms with van der Waals surface area (Å²) in [6.45, 7) is 4.65. The van der Waals surface area contributed by atoms with Gasteiger partial charge in [0.15, 0.2) is 0 Å². The minimum atomic E-state index is -0.983. The molecule has 2 aromatic carbocycles. The number of halogens is 1. The summed E-state index contributed by atoms with van der Waals surface area (Å²) in [5, 5.41) is 2.97. The average Bonchev–Trinajstić information content (AvgIpc) is 3.22. The van der Waals surface area contributed by atoms with Crippen LogP contribution in [0.1, 0.15) is 53.8 Å².